The molecule has 0 saturated heterocycles. The van der Waals surface area contributed by atoms with Crippen molar-refractivity contribution in [3.8, 4) is 0 Å². The molecule has 0 amide bonds. The van der Waals surface area contributed by atoms with E-state index in [0.29, 0.717) is 0 Å². The molecule has 0 heterocycles. The minimum atomic E-state index is -0.653. The van der Waals surface area contributed by atoms with Gasteiger partial charge in [-0.25, -0.2) is 8.78 Å². The number of hydrogen-bond donors (Lipinski definition) is 2. The van der Waals surface area contributed by atoms with Gasteiger partial charge in [0.1, 0.15) is 11.6 Å². The predicted molar refractivity (Wildman–Crippen MR) is 47.1 cm³/mol. The monoisotopic (exact) mass is 206 g/mol. The van der Waals surface area contributed by atoms with E-state index in [1.807, 2.05) is 0 Å². The SMILES string of the molecule is C[C@H](NN)c1cc(F)c(Cl)cc1F. The van der Waals surface area contributed by atoms with Gasteiger partial charge in [0.2, 0.25) is 0 Å². The second-order valence-corrected chi connectivity index (χ2v) is 3.08. The fourth-order valence-electron chi connectivity index (χ4n) is 0.960. The Kier molecular flexibility index (Phi) is 3.19. The fraction of sp³-hybridized carbons (Fsp3) is 0.250. The molecule has 0 unspecified atom stereocenters. The molecule has 0 saturated carbocycles. The van der Waals surface area contributed by atoms with E-state index in [1.165, 1.54) is 0 Å². The Morgan fingerprint density at radius 3 is 2.54 bits per heavy atom. The van der Waals surface area contributed by atoms with Crippen molar-refractivity contribution in [3.63, 3.8) is 0 Å². The Morgan fingerprint density at radius 2 is 2.00 bits per heavy atom. The average Bonchev–Trinajstić information content (AvgIpc) is 2.10. The summed E-state index contributed by atoms with van der Waals surface area (Å²) >= 11 is 5.37. The van der Waals surface area contributed by atoms with Gasteiger partial charge < -0.3 is 0 Å². The number of nitrogens with two attached hydrogens (primary N) is 1. The molecule has 2 nitrogen and oxygen atoms in total. The molecule has 1 rings (SSSR count). The molecule has 0 radical (unpaired) electrons. The zero-order valence-corrected chi connectivity index (χ0v) is 7.70. The lowest BCUT2D eigenvalue weighted by atomic mass is 10.1. The van der Waals surface area contributed by atoms with Crippen LogP contribution < -0.4 is 11.3 Å². The topological polar surface area (TPSA) is 38.0 Å². The molecular formula is C8H9ClF2N2. The summed E-state index contributed by atoms with van der Waals surface area (Å²) in [5.41, 5.74) is 2.48. The Hall–Kier alpha value is -0.710. The quantitative estimate of drug-likeness (QED) is 0.442. The van der Waals surface area contributed by atoms with Crippen molar-refractivity contribution in [1.82, 2.24) is 5.43 Å². The van der Waals surface area contributed by atoms with Crippen LogP contribution in [-0.2, 0) is 0 Å². The number of rotatable bonds is 2. The highest BCUT2D eigenvalue weighted by Crippen LogP contribution is 2.23. The van der Waals surface area contributed by atoms with Crippen molar-refractivity contribution < 1.29 is 8.78 Å². The third kappa shape index (κ3) is 2.15. The van der Waals surface area contributed by atoms with Gasteiger partial charge in [-0.2, -0.15) is 0 Å². The van der Waals surface area contributed by atoms with Crippen LogP contribution in [0.1, 0.15) is 18.5 Å². The minimum absolute atomic E-state index is 0.157. The maximum atomic E-state index is 13.1. The Bertz CT molecular complexity index is 317. The van der Waals surface area contributed by atoms with Crippen molar-refractivity contribution in [1.29, 1.82) is 0 Å². The van der Waals surface area contributed by atoms with Gasteiger partial charge in [-0.3, -0.25) is 11.3 Å². The lowest BCUT2D eigenvalue weighted by Crippen LogP contribution is -2.26. The molecule has 0 bridgehead atoms. The molecule has 13 heavy (non-hydrogen) atoms. The number of hydrazine groups is 1. The normalized spacial score (nSPS) is 13.0. The molecule has 72 valence electrons. The smallest absolute Gasteiger partial charge is 0.142 e. The van der Waals surface area contributed by atoms with Crippen molar-refractivity contribution in [2.24, 2.45) is 5.84 Å². The summed E-state index contributed by atoms with van der Waals surface area (Å²) in [6.07, 6.45) is 0. The molecule has 0 aromatic heterocycles. The molecule has 0 aliphatic carbocycles. The lowest BCUT2D eigenvalue weighted by Gasteiger charge is -2.11. The molecule has 0 aliphatic rings. The summed E-state index contributed by atoms with van der Waals surface area (Å²) in [4.78, 5) is 0. The standard InChI is InChI=1S/C8H9ClF2N2/c1-4(13-12)5-2-8(11)6(9)3-7(5)10/h2-4,13H,12H2,1H3/t4-/m0/s1. The average molecular weight is 207 g/mol. The highest BCUT2D eigenvalue weighted by Gasteiger charge is 2.12. The van der Waals surface area contributed by atoms with Gasteiger partial charge in [-0.05, 0) is 19.1 Å². The van der Waals surface area contributed by atoms with Crippen LogP contribution in [0.15, 0.2) is 12.1 Å². The van der Waals surface area contributed by atoms with Crippen LogP contribution in [0.25, 0.3) is 0 Å². The summed E-state index contributed by atoms with van der Waals surface area (Å²) < 4.78 is 26.0. The lowest BCUT2D eigenvalue weighted by molar-refractivity contribution is 0.530. The van der Waals surface area contributed by atoms with Crippen LogP contribution in [0, 0.1) is 11.6 Å². The van der Waals surface area contributed by atoms with Crippen LogP contribution in [0.3, 0.4) is 0 Å². The van der Waals surface area contributed by atoms with Crippen LogP contribution >= 0.6 is 11.6 Å². The number of nitrogens with one attached hydrogen (secondary N) is 1. The summed E-state index contributed by atoms with van der Waals surface area (Å²) in [5.74, 6) is 3.86. The van der Waals surface area contributed by atoms with Gasteiger partial charge in [0.05, 0.1) is 5.02 Å². The van der Waals surface area contributed by atoms with Crippen molar-refractivity contribution in [2.75, 3.05) is 0 Å². The van der Waals surface area contributed by atoms with E-state index < -0.39 is 17.7 Å². The van der Waals surface area contributed by atoms with Crippen molar-refractivity contribution >= 4 is 11.6 Å². The Balaban J connectivity index is 3.15. The van der Waals surface area contributed by atoms with Gasteiger partial charge in [-0.15, -0.1) is 0 Å². The highest BCUT2D eigenvalue weighted by atomic mass is 35.5. The first-order valence-corrected chi connectivity index (χ1v) is 4.04. The van der Waals surface area contributed by atoms with Crippen LogP contribution in [0.5, 0.6) is 0 Å². The second kappa shape index (κ2) is 4.00. The third-order valence-corrected chi connectivity index (χ3v) is 2.05. The molecule has 5 heteroatoms. The number of halogens is 3. The third-order valence-electron chi connectivity index (χ3n) is 1.76. The summed E-state index contributed by atoms with van der Waals surface area (Å²) in [6.45, 7) is 1.62. The second-order valence-electron chi connectivity index (χ2n) is 2.68. The van der Waals surface area contributed by atoms with Crippen molar-refractivity contribution in [2.45, 2.75) is 13.0 Å². The van der Waals surface area contributed by atoms with E-state index in [1.54, 1.807) is 6.92 Å². The first-order valence-electron chi connectivity index (χ1n) is 3.67. The van der Waals surface area contributed by atoms with Crippen LogP contribution in [-0.4, -0.2) is 0 Å². The largest absolute Gasteiger partial charge is 0.271 e. The zero-order valence-electron chi connectivity index (χ0n) is 6.94. The first-order chi connectivity index (χ1) is 6.06. The van der Waals surface area contributed by atoms with Crippen molar-refractivity contribution in [3.05, 3.63) is 34.4 Å². The number of hydrogen-bond acceptors (Lipinski definition) is 2. The van der Waals surface area contributed by atoms with E-state index in [-0.39, 0.29) is 10.6 Å². The van der Waals surface area contributed by atoms with E-state index in [2.05, 4.69) is 5.43 Å². The molecule has 0 spiro atoms. The maximum absolute atomic E-state index is 13.1. The van der Waals surface area contributed by atoms with E-state index in [0.717, 1.165) is 12.1 Å². The molecule has 1 aromatic carbocycles. The summed E-state index contributed by atoms with van der Waals surface area (Å²) in [5, 5.41) is -0.231. The van der Waals surface area contributed by atoms with E-state index in [4.69, 9.17) is 17.4 Å². The summed E-state index contributed by atoms with van der Waals surface area (Å²) in [7, 11) is 0. The van der Waals surface area contributed by atoms with Gasteiger partial charge in [0, 0.05) is 11.6 Å². The maximum Gasteiger partial charge on any atom is 0.142 e. The van der Waals surface area contributed by atoms with E-state index >= 15 is 0 Å². The molecular weight excluding hydrogens is 198 g/mol. The Morgan fingerprint density at radius 1 is 1.38 bits per heavy atom. The fourth-order valence-corrected chi connectivity index (χ4v) is 1.11. The molecule has 1 atom stereocenters. The first kappa shape index (κ1) is 10.4. The van der Waals surface area contributed by atoms with Crippen LogP contribution in [0.2, 0.25) is 5.02 Å². The zero-order chi connectivity index (χ0) is 10.0. The molecule has 3 N–H and O–H groups in total. The van der Waals surface area contributed by atoms with Gasteiger partial charge in [0.25, 0.3) is 0 Å². The van der Waals surface area contributed by atoms with Gasteiger partial charge >= 0.3 is 0 Å². The molecule has 0 fully saturated rings. The molecule has 0 aliphatic heterocycles. The van der Waals surface area contributed by atoms with E-state index in [9.17, 15) is 8.78 Å². The summed E-state index contributed by atoms with van der Waals surface area (Å²) in [6, 6.07) is 1.51. The molecule has 1 aromatic rings. The number of benzene rings is 1. The van der Waals surface area contributed by atoms with Crippen LogP contribution in [0.4, 0.5) is 8.78 Å². The van der Waals surface area contributed by atoms with Gasteiger partial charge in [-0.1, -0.05) is 11.6 Å². The van der Waals surface area contributed by atoms with Gasteiger partial charge in [0.15, 0.2) is 0 Å². The highest BCUT2D eigenvalue weighted by molar-refractivity contribution is 6.30. The minimum Gasteiger partial charge on any atom is -0.271 e. The predicted octanol–water partition coefficient (Wildman–Crippen LogP) is 2.14. The Labute approximate surface area is 79.7 Å².